The summed E-state index contributed by atoms with van der Waals surface area (Å²) in [6, 6.07) is 15.1. The first kappa shape index (κ1) is 16.4. The van der Waals surface area contributed by atoms with Crippen molar-refractivity contribution in [3.63, 3.8) is 0 Å². The van der Waals surface area contributed by atoms with Crippen LogP contribution in [0.4, 0.5) is 4.39 Å². The highest BCUT2D eigenvalue weighted by Gasteiger charge is 2.30. The smallest absolute Gasteiger partial charge is 0.248 e. The number of nitrogens with zero attached hydrogens (tertiary/aromatic N) is 3. The third kappa shape index (κ3) is 3.80. The van der Waals surface area contributed by atoms with Gasteiger partial charge in [-0.05, 0) is 47.0 Å². The number of aromatic nitrogens is 2. The molecule has 0 aliphatic heterocycles. The zero-order valence-electron chi connectivity index (χ0n) is 13.5. The predicted octanol–water partition coefficient (Wildman–Crippen LogP) is 4.80. The minimum atomic E-state index is -0.174. The summed E-state index contributed by atoms with van der Waals surface area (Å²) in [5.41, 5.74) is 1.56. The number of hydrogen-bond acceptors (Lipinski definition) is 4. The second-order valence-electron chi connectivity index (χ2n) is 6.21. The molecule has 0 atom stereocenters. The van der Waals surface area contributed by atoms with Crippen molar-refractivity contribution in [2.75, 3.05) is 0 Å². The van der Waals surface area contributed by atoms with E-state index in [0.29, 0.717) is 36.5 Å². The Morgan fingerprint density at radius 1 is 1.04 bits per heavy atom. The first-order valence-corrected chi connectivity index (χ1v) is 9.05. The molecule has 1 aliphatic rings. The van der Waals surface area contributed by atoms with Gasteiger partial charge in [0.2, 0.25) is 11.8 Å². The molecule has 6 heteroatoms. The van der Waals surface area contributed by atoms with Crippen molar-refractivity contribution < 1.29 is 8.81 Å². The van der Waals surface area contributed by atoms with E-state index in [9.17, 15) is 4.39 Å². The van der Waals surface area contributed by atoms with Crippen LogP contribution in [0.15, 0.2) is 57.4 Å². The molecular formula is C19H17BrFN3O. The third-order valence-corrected chi connectivity index (χ3v) is 5.00. The summed E-state index contributed by atoms with van der Waals surface area (Å²) in [4.78, 5) is 2.20. The summed E-state index contributed by atoms with van der Waals surface area (Å²) in [6.07, 6.45) is 2.25. The Morgan fingerprint density at radius 3 is 2.56 bits per heavy atom. The normalized spacial score (nSPS) is 14.2. The fourth-order valence-corrected chi connectivity index (χ4v) is 3.29. The Morgan fingerprint density at radius 2 is 1.80 bits per heavy atom. The Hall–Kier alpha value is -2.05. The van der Waals surface area contributed by atoms with Gasteiger partial charge in [-0.15, -0.1) is 10.2 Å². The van der Waals surface area contributed by atoms with Gasteiger partial charge in [0.15, 0.2) is 0 Å². The fourth-order valence-electron chi connectivity index (χ4n) is 2.83. The van der Waals surface area contributed by atoms with Crippen LogP contribution in [0.2, 0.25) is 0 Å². The zero-order valence-corrected chi connectivity index (χ0v) is 15.1. The molecule has 1 fully saturated rings. The van der Waals surface area contributed by atoms with Gasteiger partial charge >= 0.3 is 0 Å². The second-order valence-corrected chi connectivity index (χ2v) is 7.06. The molecule has 1 heterocycles. The molecule has 0 amide bonds. The highest BCUT2D eigenvalue weighted by molar-refractivity contribution is 9.10. The zero-order chi connectivity index (χ0) is 17.2. The van der Waals surface area contributed by atoms with E-state index in [4.69, 9.17) is 4.42 Å². The van der Waals surface area contributed by atoms with Crippen molar-refractivity contribution >= 4 is 15.9 Å². The molecule has 0 bridgehead atoms. The SMILES string of the molecule is Fc1ccccc1CN(Cc1nnc(-c2ccccc2Br)o1)C1CC1. The summed E-state index contributed by atoms with van der Waals surface area (Å²) >= 11 is 3.50. The molecule has 4 rings (SSSR count). The van der Waals surface area contributed by atoms with Gasteiger partial charge < -0.3 is 4.42 Å². The Labute approximate surface area is 153 Å². The van der Waals surface area contributed by atoms with Crippen LogP contribution in [0.1, 0.15) is 24.3 Å². The second kappa shape index (κ2) is 7.06. The van der Waals surface area contributed by atoms with E-state index in [-0.39, 0.29) is 5.82 Å². The van der Waals surface area contributed by atoms with Gasteiger partial charge in [0.05, 0.1) is 12.1 Å². The van der Waals surface area contributed by atoms with Crippen LogP contribution in [0.5, 0.6) is 0 Å². The fraction of sp³-hybridized carbons (Fsp3) is 0.263. The molecule has 0 unspecified atom stereocenters. The molecule has 0 saturated heterocycles. The lowest BCUT2D eigenvalue weighted by atomic mass is 10.2. The Balaban J connectivity index is 1.52. The van der Waals surface area contributed by atoms with E-state index in [0.717, 1.165) is 22.9 Å². The maximum Gasteiger partial charge on any atom is 0.248 e. The van der Waals surface area contributed by atoms with Crippen LogP contribution in [-0.4, -0.2) is 21.1 Å². The van der Waals surface area contributed by atoms with Gasteiger partial charge in [0.1, 0.15) is 5.82 Å². The summed E-state index contributed by atoms with van der Waals surface area (Å²) < 4.78 is 20.7. The van der Waals surface area contributed by atoms with Crippen molar-refractivity contribution in [3.05, 3.63) is 70.3 Å². The molecule has 2 aromatic carbocycles. The predicted molar refractivity (Wildman–Crippen MR) is 96.1 cm³/mol. The molecule has 128 valence electrons. The molecular weight excluding hydrogens is 385 g/mol. The van der Waals surface area contributed by atoms with Crippen molar-refractivity contribution in [2.24, 2.45) is 0 Å². The number of hydrogen-bond donors (Lipinski definition) is 0. The minimum Gasteiger partial charge on any atom is -0.419 e. The van der Waals surface area contributed by atoms with Gasteiger partial charge in [-0.2, -0.15) is 0 Å². The standard InChI is InChI=1S/C19H17BrFN3O/c20-16-7-3-2-6-15(16)19-23-22-18(25-19)12-24(14-9-10-14)11-13-5-1-4-8-17(13)21/h1-8,14H,9-12H2. The Bertz CT molecular complexity index is 878. The first-order chi connectivity index (χ1) is 12.2. The van der Waals surface area contributed by atoms with E-state index >= 15 is 0 Å². The molecule has 0 N–H and O–H groups in total. The average Bonchev–Trinajstić information content (AvgIpc) is 3.36. The van der Waals surface area contributed by atoms with Crippen LogP contribution >= 0.6 is 15.9 Å². The van der Waals surface area contributed by atoms with Crippen LogP contribution in [0.25, 0.3) is 11.5 Å². The average molecular weight is 402 g/mol. The quantitative estimate of drug-likeness (QED) is 0.594. The van der Waals surface area contributed by atoms with Crippen molar-refractivity contribution in [1.82, 2.24) is 15.1 Å². The summed E-state index contributed by atoms with van der Waals surface area (Å²) in [7, 11) is 0. The van der Waals surface area contributed by atoms with Crippen molar-refractivity contribution in [3.8, 4) is 11.5 Å². The van der Waals surface area contributed by atoms with Crippen LogP contribution in [0, 0.1) is 5.82 Å². The molecule has 1 aliphatic carbocycles. The van der Waals surface area contributed by atoms with Crippen LogP contribution < -0.4 is 0 Å². The monoisotopic (exact) mass is 401 g/mol. The number of rotatable bonds is 6. The molecule has 4 nitrogen and oxygen atoms in total. The van der Waals surface area contributed by atoms with Crippen molar-refractivity contribution in [1.29, 1.82) is 0 Å². The van der Waals surface area contributed by atoms with Gasteiger partial charge in [-0.1, -0.05) is 30.3 Å². The van der Waals surface area contributed by atoms with E-state index in [1.165, 1.54) is 6.07 Å². The molecule has 3 aromatic rings. The first-order valence-electron chi connectivity index (χ1n) is 8.25. The lowest BCUT2D eigenvalue weighted by Gasteiger charge is -2.20. The molecule has 0 radical (unpaired) electrons. The highest BCUT2D eigenvalue weighted by atomic mass is 79.9. The molecule has 1 saturated carbocycles. The van der Waals surface area contributed by atoms with Crippen molar-refractivity contribution in [2.45, 2.75) is 32.0 Å². The largest absolute Gasteiger partial charge is 0.419 e. The van der Waals surface area contributed by atoms with Gasteiger partial charge in [-0.25, -0.2) is 4.39 Å². The van der Waals surface area contributed by atoms with E-state index < -0.39 is 0 Å². The van der Waals surface area contributed by atoms with E-state index in [1.807, 2.05) is 36.4 Å². The summed E-state index contributed by atoms with van der Waals surface area (Å²) in [5, 5.41) is 8.33. The van der Waals surface area contributed by atoms with E-state index in [2.05, 4.69) is 31.0 Å². The topological polar surface area (TPSA) is 42.2 Å². The maximum absolute atomic E-state index is 14.0. The van der Waals surface area contributed by atoms with Gasteiger partial charge in [0.25, 0.3) is 0 Å². The lowest BCUT2D eigenvalue weighted by molar-refractivity contribution is 0.218. The maximum atomic E-state index is 14.0. The number of halogens is 2. The lowest BCUT2D eigenvalue weighted by Crippen LogP contribution is -2.25. The number of benzene rings is 2. The van der Waals surface area contributed by atoms with Gasteiger partial charge in [0, 0.05) is 22.6 Å². The van der Waals surface area contributed by atoms with Crippen LogP contribution in [0.3, 0.4) is 0 Å². The molecule has 0 spiro atoms. The van der Waals surface area contributed by atoms with E-state index in [1.54, 1.807) is 6.07 Å². The van der Waals surface area contributed by atoms with Crippen LogP contribution in [-0.2, 0) is 13.1 Å². The Kier molecular flexibility index (Phi) is 4.63. The van der Waals surface area contributed by atoms with Gasteiger partial charge in [-0.3, -0.25) is 4.90 Å². The third-order valence-electron chi connectivity index (χ3n) is 4.30. The summed E-state index contributed by atoms with van der Waals surface area (Å²) in [6.45, 7) is 1.07. The molecule has 25 heavy (non-hydrogen) atoms. The highest BCUT2D eigenvalue weighted by Crippen LogP contribution is 2.31. The molecule has 1 aromatic heterocycles. The minimum absolute atomic E-state index is 0.174. The summed E-state index contributed by atoms with van der Waals surface area (Å²) in [5.74, 6) is 0.866.